The third kappa shape index (κ3) is 4.46. The number of hydrogen-bond donors (Lipinski definition) is 1. The van der Waals surface area contributed by atoms with Gasteiger partial charge in [0, 0.05) is 19.1 Å². The smallest absolute Gasteiger partial charge is 0.0646 e. The molecular weight excluding hydrogens is 294 g/mol. The fraction of sp³-hybridized carbons (Fsp3) is 0.455. The van der Waals surface area contributed by atoms with E-state index in [0.717, 1.165) is 45.2 Å². The molecule has 2 aromatic carbocycles. The first kappa shape index (κ1) is 17.2. The molecule has 1 fully saturated rings. The molecule has 1 aliphatic rings. The van der Waals surface area contributed by atoms with Crippen molar-refractivity contribution in [2.24, 2.45) is 0 Å². The van der Waals surface area contributed by atoms with E-state index in [1.165, 1.54) is 11.1 Å². The van der Waals surface area contributed by atoms with Crippen molar-refractivity contribution in [1.82, 2.24) is 4.90 Å². The van der Waals surface area contributed by atoms with E-state index in [9.17, 15) is 5.11 Å². The van der Waals surface area contributed by atoms with E-state index < -0.39 is 5.60 Å². The van der Waals surface area contributed by atoms with Gasteiger partial charge in [-0.05, 0) is 43.2 Å². The average molecular weight is 323 g/mol. The molecule has 0 atom stereocenters. The summed E-state index contributed by atoms with van der Waals surface area (Å²) in [6.45, 7) is 4.06. The fourth-order valence-corrected chi connectivity index (χ4v) is 3.81. The van der Waals surface area contributed by atoms with E-state index in [0.29, 0.717) is 6.04 Å². The van der Waals surface area contributed by atoms with Crippen molar-refractivity contribution < 1.29 is 5.11 Å². The normalized spacial score (nSPS) is 24.2. The summed E-state index contributed by atoms with van der Waals surface area (Å²) in [6, 6.07) is 22.0. The third-order valence-corrected chi connectivity index (χ3v) is 5.52. The average Bonchev–Trinajstić information content (AvgIpc) is 2.64. The Labute approximate surface area is 146 Å². The predicted molar refractivity (Wildman–Crippen MR) is 99.6 cm³/mol. The van der Waals surface area contributed by atoms with Crippen LogP contribution in [-0.2, 0) is 13.1 Å². The first-order valence-electron chi connectivity index (χ1n) is 9.23. The van der Waals surface area contributed by atoms with Crippen LogP contribution in [0.3, 0.4) is 0 Å². The number of hydrogen-bond acceptors (Lipinski definition) is 2. The van der Waals surface area contributed by atoms with Crippen molar-refractivity contribution >= 4 is 0 Å². The fourth-order valence-electron chi connectivity index (χ4n) is 3.81. The van der Waals surface area contributed by atoms with Crippen LogP contribution in [0.15, 0.2) is 60.7 Å². The molecule has 2 nitrogen and oxygen atoms in total. The molecule has 0 radical (unpaired) electrons. The van der Waals surface area contributed by atoms with Gasteiger partial charge in [0.2, 0.25) is 0 Å². The summed E-state index contributed by atoms with van der Waals surface area (Å²) in [5.41, 5.74) is 2.30. The van der Waals surface area contributed by atoms with Crippen LogP contribution in [0.5, 0.6) is 0 Å². The minimum absolute atomic E-state index is 0.429. The van der Waals surface area contributed by atoms with Crippen LogP contribution in [0.25, 0.3) is 0 Å². The largest absolute Gasteiger partial charge is 0.390 e. The van der Waals surface area contributed by atoms with Crippen molar-refractivity contribution in [3.63, 3.8) is 0 Å². The van der Waals surface area contributed by atoms with Crippen molar-refractivity contribution in [2.75, 3.05) is 0 Å². The van der Waals surface area contributed by atoms with E-state index in [2.05, 4.69) is 72.5 Å². The Morgan fingerprint density at radius 2 is 1.33 bits per heavy atom. The molecule has 128 valence electrons. The molecule has 24 heavy (non-hydrogen) atoms. The maximum atomic E-state index is 10.5. The van der Waals surface area contributed by atoms with Gasteiger partial charge in [-0.2, -0.15) is 0 Å². The maximum Gasteiger partial charge on any atom is 0.0646 e. The van der Waals surface area contributed by atoms with Gasteiger partial charge in [-0.3, -0.25) is 4.90 Å². The molecule has 0 saturated heterocycles. The Bertz CT molecular complexity index is 561. The number of nitrogens with zero attached hydrogens (tertiary/aromatic N) is 1. The molecule has 1 saturated carbocycles. The molecule has 0 aromatic heterocycles. The number of aliphatic hydroxyl groups is 1. The van der Waals surface area contributed by atoms with Crippen LogP contribution in [0.1, 0.15) is 50.2 Å². The van der Waals surface area contributed by atoms with Gasteiger partial charge >= 0.3 is 0 Å². The Balaban J connectivity index is 1.72. The second kappa shape index (κ2) is 7.96. The lowest BCUT2D eigenvalue weighted by atomic mass is 9.80. The molecule has 0 amide bonds. The Morgan fingerprint density at radius 1 is 0.875 bits per heavy atom. The highest BCUT2D eigenvalue weighted by molar-refractivity contribution is 5.17. The van der Waals surface area contributed by atoms with Crippen molar-refractivity contribution in [1.29, 1.82) is 0 Å². The van der Waals surface area contributed by atoms with Gasteiger partial charge in [0.05, 0.1) is 5.60 Å². The molecule has 3 rings (SSSR count). The standard InChI is InChI=1S/C22H29NO/c1-2-22(24)15-13-21(14-16-22)23(17-19-9-5-3-6-10-19)18-20-11-7-4-8-12-20/h3-12,21,24H,2,13-18H2,1H3/t21-,22+. The summed E-state index contributed by atoms with van der Waals surface area (Å²) in [5.74, 6) is 0. The zero-order valence-electron chi connectivity index (χ0n) is 14.7. The summed E-state index contributed by atoms with van der Waals surface area (Å²) < 4.78 is 0. The topological polar surface area (TPSA) is 23.5 Å². The van der Waals surface area contributed by atoms with Crippen LogP contribution in [-0.4, -0.2) is 21.6 Å². The minimum atomic E-state index is -0.429. The highest BCUT2D eigenvalue weighted by atomic mass is 16.3. The first-order chi connectivity index (χ1) is 11.7. The molecule has 2 heteroatoms. The summed E-state index contributed by atoms with van der Waals surface area (Å²) in [4.78, 5) is 2.60. The van der Waals surface area contributed by atoms with Crippen molar-refractivity contribution in [3.05, 3.63) is 71.8 Å². The second-order valence-electron chi connectivity index (χ2n) is 7.19. The monoisotopic (exact) mass is 323 g/mol. The molecule has 1 aliphatic carbocycles. The SMILES string of the molecule is CC[C@]1(O)CC[C@@H](N(Cc2ccccc2)Cc2ccccc2)CC1. The number of rotatable bonds is 6. The summed E-state index contributed by atoms with van der Waals surface area (Å²) in [7, 11) is 0. The van der Waals surface area contributed by atoms with Gasteiger partial charge in [-0.15, -0.1) is 0 Å². The lowest BCUT2D eigenvalue weighted by Gasteiger charge is -2.40. The molecule has 0 spiro atoms. The highest BCUT2D eigenvalue weighted by Crippen LogP contribution is 2.34. The minimum Gasteiger partial charge on any atom is -0.390 e. The van der Waals surface area contributed by atoms with Gasteiger partial charge in [-0.1, -0.05) is 67.6 Å². The van der Waals surface area contributed by atoms with Gasteiger partial charge in [0.1, 0.15) is 0 Å². The third-order valence-electron chi connectivity index (χ3n) is 5.52. The molecule has 0 aliphatic heterocycles. The lowest BCUT2D eigenvalue weighted by molar-refractivity contribution is -0.0257. The van der Waals surface area contributed by atoms with E-state index in [4.69, 9.17) is 0 Å². The van der Waals surface area contributed by atoms with Crippen molar-refractivity contribution in [3.8, 4) is 0 Å². The molecule has 0 heterocycles. The molecule has 0 unspecified atom stereocenters. The van der Waals surface area contributed by atoms with E-state index >= 15 is 0 Å². The maximum absolute atomic E-state index is 10.5. The summed E-state index contributed by atoms with van der Waals surface area (Å²) in [6.07, 6.45) is 4.90. The van der Waals surface area contributed by atoms with Gasteiger partial charge in [-0.25, -0.2) is 0 Å². The molecule has 2 aromatic rings. The Kier molecular flexibility index (Phi) is 5.70. The van der Waals surface area contributed by atoms with Crippen LogP contribution in [0.4, 0.5) is 0 Å². The Morgan fingerprint density at radius 3 is 1.75 bits per heavy atom. The molecular formula is C22H29NO. The van der Waals surface area contributed by atoms with Gasteiger partial charge in [0.25, 0.3) is 0 Å². The van der Waals surface area contributed by atoms with Crippen LogP contribution in [0.2, 0.25) is 0 Å². The van der Waals surface area contributed by atoms with Crippen LogP contribution < -0.4 is 0 Å². The quantitative estimate of drug-likeness (QED) is 0.827. The lowest BCUT2D eigenvalue weighted by Crippen LogP contribution is -2.42. The van der Waals surface area contributed by atoms with Gasteiger partial charge in [0.15, 0.2) is 0 Å². The first-order valence-corrected chi connectivity index (χ1v) is 9.23. The van der Waals surface area contributed by atoms with Crippen LogP contribution in [0, 0.1) is 0 Å². The summed E-state index contributed by atoms with van der Waals surface area (Å²) >= 11 is 0. The van der Waals surface area contributed by atoms with E-state index in [1.54, 1.807) is 0 Å². The highest BCUT2D eigenvalue weighted by Gasteiger charge is 2.33. The van der Waals surface area contributed by atoms with E-state index in [1.807, 2.05) is 0 Å². The zero-order valence-corrected chi connectivity index (χ0v) is 14.7. The zero-order chi connectivity index (χ0) is 16.8. The molecule has 1 N–H and O–H groups in total. The second-order valence-corrected chi connectivity index (χ2v) is 7.19. The van der Waals surface area contributed by atoms with E-state index in [-0.39, 0.29) is 0 Å². The predicted octanol–water partition coefficient (Wildman–Crippen LogP) is 4.77. The molecule has 0 bridgehead atoms. The van der Waals surface area contributed by atoms with Crippen molar-refractivity contribution in [2.45, 2.75) is 63.8 Å². The van der Waals surface area contributed by atoms with Gasteiger partial charge < -0.3 is 5.11 Å². The van der Waals surface area contributed by atoms with Crippen LogP contribution >= 0.6 is 0 Å². The Hall–Kier alpha value is -1.64. The summed E-state index contributed by atoms with van der Waals surface area (Å²) in [5, 5.41) is 10.5. The number of benzene rings is 2.